The number of hydrogen-bond acceptors (Lipinski definition) is 4. The maximum absolute atomic E-state index is 11.2. The molecule has 2 rings (SSSR count). The summed E-state index contributed by atoms with van der Waals surface area (Å²) in [5, 5.41) is 0. The summed E-state index contributed by atoms with van der Waals surface area (Å²) in [5.74, 6) is 1.38. The highest BCUT2D eigenvalue weighted by Gasteiger charge is 2.30. The van der Waals surface area contributed by atoms with Crippen molar-refractivity contribution in [1.29, 1.82) is 0 Å². The minimum atomic E-state index is -1.75. The average Bonchev–Trinajstić information content (AvgIpc) is 2.61. The zero-order valence-electron chi connectivity index (χ0n) is 18.7. The van der Waals surface area contributed by atoms with Crippen molar-refractivity contribution in [1.82, 2.24) is 0 Å². The lowest BCUT2D eigenvalue weighted by Gasteiger charge is -2.33. The Morgan fingerprint density at radius 1 is 0.862 bits per heavy atom. The Bertz CT molecular complexity index is 793. The van der Waals surface area contributed by atoms with E-state index in [2.05, 4.69) is 57.0 Å². The molecule has 0 spiro atoms. The van der Waals surface area contributed by atoms with Crippen LogP contribution >= 0.6 is 0 Å². The normalized spacial score (nSPS) is 13.1. The average molecular weight is 431 g/mol. The molecule has 0 aromatic heterocycles. The van der Waals surface area contributed by atoms with Crippen LogP contribution in [0.15, 0.2) is 48.5 Å². The highest BCUT2D eigenvalue weighted by molar-refractivity contribution is 6.84. The number of esters is 1. The third-order valence-electron chi connectivity index (χ3n) is 4.68. The van der Waals surface area contributed by atoms with Gasteiger partial charge in [0.25, 0.3) is 0 Å². The summed E-state index contributed by atoms with van der Waals surface area (Å²) in [6, 6.07) is 17.2. The predicted molar refractivity (Wildman–Crippen MR) is 124 cm³/mol. The van der Waals surface area contributed by atoms with Gasteiger partial charge in [-0.3, -0.25) is 4.79 Å². The molecule has 6 heteroatoms. The van der Waals surface area contributed by atoms with Crippen molar-refractivity contribution >= 4 is 22.6 Å². The highest BCUT2D eigenvalue weighted by atomic mass is 28.4. The van der Waals surface area contributed by atoms with E-state index < -0.39 is 16.6 Å². The fraction of sp³-hybridized carbons (Fsp3) is 0.435. The van der Waals surface area contributed by atoms with Crippen molar-refractivity contribution in [2.24, 2.45) is 0 Å². The van der Waals surface area contributed by atoms with Gasteiger partial charge in [0.1, 0.15) is 11.5 Å². The van der Waals surface area contributed by atoms with Gasteiger partial charge in [-0.15, -0.1) is 0 Å². The molecule has 0 fully saturated rings. The molecule has 4 nitrogen and oxygen atoms in total. The van der Waals surface area contributed by atoms with Gasteiger partial charge in [-0.2, -0.15) is 0 Å². The molecule has 2 aromatic carbocycles. The standard InChI is InChI=1S/C23H34O4Si2/c1-18(24)26-22-14-10-20(11-15-22)23(19-8-12-21(25-2)13-9-19)16-17-29(6,7)27-28(3,4)5/h8-15,23H,16-17H2,1-7H3. The Kier molecular flexibility index (Phi) is 7.85. The smallest absolute Gasteiger partial charge is 0.308 e. The van der Waals surface area contributed by atoms with Crippen LogP contribution in [0.2, 0.25) is 38.8 Å². The van der Waals surface area contributed by atoms with E-state index in [-0.39, 0.29) is 11.9 Å². The topological polar surface area (TPSA) is 44.8 Å². The Morgan fingerprint density at radius 2 is 1.34 bits per heavy atom. The van der Waals surface area contributed by atoms with Gasteiger partial charge >= 0.3 is 5.97 Å². The van der Waals surface area contributed by atoms with E-state index in [9.17, 15) is 4.79 Å². The number of rotatable bonds is 9. The second kappa shape index (κ2) is 9.74. The van der Waals surface area contributed by atoms with Crippen molar-refractivity contribution in [2.75, 3.05) is 7.11 Å². The summed E-state index contributed by atoms with van der Waals surface area (Å²) < 4.78 is 17.1. The molecule has 0 bridgehead atoms. The first-order chi connectivity index (χ1) is 13.5. The van der Waals surface area contributed by atoms with Gasteiger partial charge in [0.05, 0.1) is 7.11 Å². The molecule has 29 heavy (non-hydrogen) atoms. The largest absolute Gasteiger partial charge is 0.497 e. The number of carbonyl (C=O) groups excluding carboxylic acids is 1. The summed E-state index contributed by atoms with van der Waals surface area (Å²) >= 11 is 0. The first-order valence-corrected chi connectivity index (χ1v) is 16.6. The lowest BCUT2D eigenvalue weighted by atomic mass is 9.89. The van der Waals surface area contributed by atoms with Gasteiger partial charge < -0.3 is 13.6 Å². The van der Waals surface area contributed by atoms with E-state index in [1.54, 1.807) is 7.11 Å². The molecule has 0 amide bonds. The van der Waals surface area contributed by atoms with Crippen LogP contribution in [0.5, 0.6) is 11.5 Å². The molecular weight excluding hydrogens is 396 g/mol. The number of methoxy groups -OCH3 is 1. The Balaban J connectivity index is 2.26. The molecule has 2 aromatic rings. The van der Waals surface area contributed by atoms with Crippen molar-refractivity contribution in [3.05, 3.63) is 59.7 Å². The van der Waals surface area contributed by atoms with Crippen molar-refractivity contribution in [2.45, 2.75) is 58.0 Å². The maximum Gasteiger partial charge on any atom is 0.308 e. The SMILES string of the molecule is COc1ccc(C(CC[Si](C)(C)O[Si](C)(C)C)c2ccc(OC(C)=O)cc2)cc1. The second-order valence-electron chi connectivity index (χ2n) is 9.00. The van der Waals surface area contributed by atoms with Crippen LogP contribution < -0.4 is 9.47 Å². The van der Waals surface area contributed by atoms with Crippen LogP contribution in [0.25, 0.3) is 0 Å². The first kappa shape index (κ1) is 23.4. The summed E-state index contributed by atoms with van der Waals surface area (Å²) in [4.78, 5) is 11.2. The fourth-order valence-corrected chi connectivity index (χ4v) is 11.7. The zero-order valence-corrected chi connectivity index (χ0v) is 20.7. The Labute approximate surface area is 177 Å². The summed E-state index contributed by atoms with van der Waals surface area (Å²) in [5.41, 5.74) is 2.47. The van der Waals surface area contributed by atoms with E-state index in [1.807, 2.05) is 24.3 Å². The molecule has 0 N–H and O–H groups in total. The van der Waals surface area contributed by atoms with Crippen LogP contribution in [0.4, 0.5) is 0 Å². The quantitative estimate of drug-likeness (QED) is 0.270. The van der Waals surface area contributed by atoms with Gasteiger partial charge in [0.2, 0.25) is 0 Å². The molecule has 0 aliphatic heterocycles. The van der Waals surface area contributed by atoms with E-state index in [0.29, 0.717) is 5.75 Å². The molecule has 0 aliphatic rings. The summed E-state index contributed by atoms with van der Waals surface area (Å²) in [7, 11) is -1.63. The number of ether oxygens (including phenoxy) is 2. The lowest BCUT2D eigenvalue weighted by molar-refractivity contribution is -0.131. The van der Waals surface area contributed by atoms with Crippen LogP contribution in [-0.4, -0.2) is 29.7 Å². The van der Waals surface area contributed by atoms with Gasteiger partial charge in [-0.1, -0.05) is 24.3 Å². The van der Waals surface area contributed by atoms with Crippen LogP contribution in [-0.2, 0) is 8.91 Å². The molecular formula is C23H34O4Si2. The van der Waals surface area contributed by atoms with E-state index in [4.69, 9.17) is 13.6 Å². The lowest BCUT2D eigenvalue weighted by Crippen LogP contribution is -2.42. The molecule has 1 atom stereocenters. The van der Waals surface area contributed by atoms with Crippen molar-refractivity contribution in [3.63, 3.8) is 0 Å². The van der Waals surface area contributed by atoms with Crippen molar-refractivity contribution in [3.8, 4) is 11.5 Å². The van der Waals surface area contributed by atoms with Crippen LogP contribution in [0, 0.1) is 0 Å². The fourth-order valence-electron chi connectivity index (χ4n) is 3.67. The van der Waals surface area contributed by atoms with Crippen molar-refractivity contribution < 1.29 is 18.4 Å². The van der Waals surface area contributed by atoms with Crippen LogP contribution in [0.3, 0.4) is 0 Å². The Hall–Kier alpha value is -1.90. The first-order valence-electron chi connectivity index (χ1n) is 10.1. The summed E-state index contributed by atoms with van der Waals surface area (Å²) in [6.45, 7) is 12.8. The van der Waals surface area contributed by atoms with E-state index in [0.717, 1.165) is 18.2 Å². The molecule has 1 unspecified atom stereocenters. The van der Waals surface area contributed by atoms with E-state index >= 15 is 0 Å². The molecule has 0 heterocycles. The van der Waals surface area contributed by atoms with Gasteiger partial charge in [0.15, 0.2) is 16.6 Å². The monoisotopic (exact) mass is 430 g/mol. The second-order valence-corrected chi connectivity index (χ2v) is 18.1. The number of carbonyl (C=O) groups is 1. The van der Waals surface area contributed by atoms with E-state index in [1.165, 1.54) is 18.1 Å². The summed E-state index contributed by atoms with van der Waals surface area (Å²) in [6.07, 6.45) is 1.02. The number of hydrogen-bond donors (Lipinski definition) is 0. The van der Waals surface area contributed by atoms with Gasteiger partial charge in [-0.25, -0.2) is 0 Å². The van der Waals surface area contributed by atoms with Gasteiger partial charge in [-0.05, 0) is 80.6 Å². The third-order valence-corrected chi connectivity index (χ3v) is 10.8. The minimum absolute atomic E-state index is 0.254. The Morgan fingerprint density at radius 3 is 1.76 bits per heavy atom. The zero-order chi connectivity index (χ0) is 21.7. The minimum Gasteiger partial charge on any atom is -0.497 e. The highest BCUT2D eigenvalue weighted by Crippen LogP contribution is 2.34. The van der Waals surface area contributed by atoms with Crippen LogP contribution in [0.1, 0.15) is 30.4 Å². The molecule has 0 radical (unpaired) electrons. The maximum atomic E-state index is 11.2. The number of benzene rings is 2. The third kappa shape index (κ3) is 7.80. The predicted octanol–water partition coefficient (Wildman–Crippen LogP) is 6.20. The molecule has 158 valence electrons. The molecule has 0 aliphatic carbocycles. The molecule has 0 saturated carbocycles. The van der Waals surface area contributed by atoms with Gasteiger partial charge in [0, 0.05) is 12.8 Å². The molecule has 0 saturated heterocycles.